The van der Waals surface area contributed by atoms with Gasteiger partial charge in [0.1, 0.15) is 6.10 Å². The first-order valence-corrected chi connectivity index (χ1v) is 4.73. The summed E-state index contributed by atoms with van der Waals surface area (Å²) in [6, 6.07) is 0. The average Bonchev–Trinajstić information content (AvgIpc) is 2.87. The van der Waals surface area contributed by atoms with E-state index in [-0.39, 0.29) is 12.0 Å². The Morgan fingerprint density at radius 3 is 3.36 bits per heavy atom. The molecular formula is C9H13N3O2. The molecule has 1 atom stereocenters. The van der Waals surface area contributed by atoms with Gasteiger partial charge in [-0.3, -0.25) is 9.89 Å². The Kier molecular flexibility index (Phi) is 2.78. The summed E-state index contributed by atoms with van der Waals surface area (Å²) in [5, 5.41) is 9.28. The molecule has 0 bridgehead atoms. The highest BCUT2D eigenvalue weighted by Gasteiger charge is 2.22. The molecule has 1 amide bonds. The van der Waals surface area contributed by atoms with Gasteiger partial charge in [0.15, 0.2) is 0 Å². The molecule has 5 heteroatoms. The van der Waals surface area contributed by atoms with E-state index in [1.165, 1.54) is 0 Å². The minimum atomic E-state index is -0.248. The first kappa shape index (κ1) is 9.21. The number of ether oxygens (including phenoxy) is 1. The highest BCUT2D eigenvalue weighted by atomic mass is 16.5. The molecule has 1 fully saturated rings. The number of carbonyl (C=O) groups excluding carboxylic acids is 1. The van der Waals surface area contributed by atoms with E-state index < -0.39 is 0 Å². The Morgan fingerprint density at radius 1 is 1.79 bits per heavy atom. The van der Waals surface area contributed by atoms with Crippen LogP contribution in [-0.2, 0) is 16.1 Å². The molecule has 2 N–H and O–H groups in total. The van der Waals surface area contributed by atoms with Crippen molar-refractivity contribution in [2.45, 2.75) is 25.5 Å². The molecule has 0 spiro atoms. The maximum absolute atomic E-state index is 11.5. The van der Waals surface area contributed by atoms with Crippen molar-refractivity contribution in [3.05, 3.63) is 18.0 Å². The van der Waals surface area contributed by atoms with Gasteiger partial charge in [-0.2, -0.15) is 5.10 Å². The summed E-state index contributed by atoms with van der Waals surface area (Å²) in [5.41, 5.74) is 0.969. The van der Waals surface area contributed by atoms with Crippen LogP contribution in [0.2, 0.25) is 0 Å². The zero-order valence-corrected chi connectivity index (χ0v) is 7.82. The molecule has 76 valence electrons. The number of nitrogens with one attached hydrogen (secondary N) is 2. The lowest BCUT2D eigenvalue weighted by Gasteiger charge is -2.08. The van der Waals surface area contributed by atoms with E-state index in [4.69, 9.17) is 4.74 Å². The van der Waals surface area contributed by atoms with Gasteiger partial charge in [-0.25, -0.2) is 0 Å². The van der Waals surface area contributed by atoms with Crippen LogP contribution in [0.25, 0.3) is 0 Å². The predicted octanol–water partition coefficient (Wildman–Crippen LogP) is 0.205. The maximum atomic E-state index is 11.5. The second kappa shape index (κ2) is 4.23. The summed E-state index contributed by atoms with van der Waals surface area (Å²) in [5.74, 6) is -0.0244. The summed E-state index contributed by atoms with van der Waals surface area (Å²) >= 11 is 0. The van der Waals surface area contributed by atoms with E-state index in [9.17, 15) is 4.79 Å². The molecule has 0 unspecified atom stereocenters. The van der Waals surface area contributed by atoms with Gasteiger partial charge in [0.05, 0.1) is 6.20 Å². The molecular weight excluding hydrogens is 182 g/mol. The number of carbonyl (C=O) groups is 1. The van der Waals surface area contributed by atoms with E-state index in [0.29, 0.717) is 13.2 Å². The van der Waals surface area contributed by atoms with Crippen molar-refractivity contribution < 1.29 is 9.53 Å². The van der Waals surface area contributed by atoms with Gasteiger partial charge >= 0.3 is 0 Å². The van der Waals surface area contributed by atoms with E-state index in [0.717, 1.165) is 18.4 Å². The van der Waals surface area contributed by atoms with Crippen LogP contribution in [0.4, 0.5) is 0 Å². The van der Waals surface area contributed by atoms with Gasteiger partial charge in [-0.05, 0) is 12.8 Å². The molecule has 14 heavy (non-hydrogen) atoms. The smallest absolute Gasteiger partial charge is 0.249 e. The fraction of sp³-hybridized carbons (Fsp3) is 0.556. The van der Waals surface area contributed by atoms with Crippen molar-refractivity contribution in [2.24, 2.45) is 0 Å². The zero-order chi connectivity index (χ0) is 9.80. The second-order valence-electron chi connectivity index (χ2n) is 3.33. The molecule has 0 aromatic carbocycles. The van der Waals surface area contributed by atoms with Gasteiger partial charge in [0, 0.05) is 24.9 Å². The SMILES string of the molecule is O=C(NCc1cn[nH]c1)[C@H]1CCCO1. The van der Waals surface area contributed by atoms with Crippen LogP contribution < -0.4 is 5.32 Å². The lowest BCUT2D eigenvalue weighted by molar-refractivity contribution is -0.130. The normalized spacial score (nSPS) is 21.0. The number of amides is 1. The van der Waals surface area contributed by atoms with E-state index in [1.807, 2.05) is 0 Å². The predicted molar refractivity (Wildman–Crippen MR) is 49.4 cm³/mol. The molecule has 1 saturated heterocycles. The van der Waals surface area contributed by atoms with E-state index in [2.05, 4.69) is 15.5 Å². The minimum Gasteiger partial charge on any atom is -0.368 e. The number of H-pyrrole nitrogens is 1. The third kappa shape index (κ3) is 2.11. The van der Waals surface area contributed by atoms with E-state index >= 15 is 0 Å². The van der Waals surface area contributed by atoms with Gasteiger partial charge in [-0.15, -0.1) is 0 Å². The number of hydrogen-bond acceptors (Lipinski definition) is 3. The number of hydrogen-bond donors (Lipinski definition) is 2. The maximum Gasteiger partial charge on any atom is 0.249 e. The second-order valence-corrected chi connectivity index (χ2v) is 3.33. The summed E-state index contributed by atoms with van der Waals surface area (Å²) < 4.78 is 5.25. The molecule has 1 aliphatic heterocycles. The van der Waals surface area contributed by atoms with Crippen molar-refractivity contribution in [2.75, 3.05) is 6.61 Å². The van der Waals surface area contributed by atoms with Gasteiger partial charge < -0.3 is 10.1 Å². The van der Waals surface area contributed by atoms with Crippen LogP contribution in [0, 0.1) is 0 Å². The summed E-state index contributed by atoms with van der Waals surface area (Å²) in [6.45, 7) is 1.21. The molecule has 1 aromatic heterocycles. The molecule has 2 heterocycles. The van der Waals surface area contributed by atoms with Crippen molar-refractivity contribution in [3.63, 3.8) is 0 Å². The van der Waals surface area contributed by atoms with Crippen LogP contribution in [0.5, 0.6) is 0 Å². The van der Waals surface area contributed by atoms with Crippen molar-refractivity contribution in [3.8, 4) is 0 Å². The summed E-state index contributed by atoms with van der Waals surface area (Å²) in [4.78, 5) is 11.5. The Morgan fingerprint density at radius 2 is 2.71 bits per heavy atom. The molecule has 1 aliphatic rings. The largest absolute Gasteiger partial charge is 0.368 e. The summed E-state index contributed by atoms with van der Waals surface area (Å²) in [6.07, 6.45) is 5.01. The Hall–Kier alpha value is -1.36. The summed E-state index contributed by atoms with van der Waals surface area (Å²) in [7, 11) is 0. The minimum absolute atomic E-state index is 0.0244. The first-order chi connectivity index (χ1) is 6.86. The quantitative estimate of drug-likeness (QED) is 0.724. The average molecular weight is 195 g/mol. The van der Waals surface area contributed by atoms with Crippen molar-refractivity contribution >= 4 is 5.91 Å². The zero-order valence-electron chi connectivity index (χ0n) is 7.82. The highest BCUT2D eigenvalue weighted by molar-refractivity contribution is 5.80. The third-order valence-electron chi connectivity index (χ3n) is 2.24. The number of nitrogens with zero attached hydrogens (tertiary/aromatic N) is 1. The van der Waals surface area contributed by atoms with Gasteiger partial charge in [0.25, 0.3) is 0 Å². The number of aromatic nitrogens is 2. The van der Waals surface area contributed by atoms with Crippen molar-refractivity contribution in [1.82, 2.24) is 15.5 Å². The van der Waals surface area contributed by atoms with Crippen LogP contribution in [-0.4, -0.2) is 28.8 Å². The van der Waals surface area contributed by atoms with Crippen molar-refractivity contribution in [1.29, 1.82) is 0 Å². The Labute approximate surface area is 81.8 Å². The van der Waals surface area contributed by atoms with Gasteiger partial charge in [0.2, 0.25) is 5.91 Å². The van der Waals surface area contributed by atoms with Gasteiger partial charge in [-0.1, -0.05) is 0 Å². The molecule has 5 nitrogen and oxygen atoms in total. The third-order valence-corrected chi connectivity index (χ3v) is 2.24. The fourth-order valence-corrected chi connectivity index (χ4v) is 1.46. The first-order valence-electron chi connectivity index (χ1n) is 4.73. The molecule has 1 aromatic rings. The van der Waals surface area contributed by atoms with Crippen LogP contribution in [0.15, 0.2) is 12.4 Å². The van der Waals surface area contributed by atoms with Crippen LogP contribution >= 0.6 is 0 Å². The van der Waals surface area contributed by atoms with Crippen LogP contribution in [0.1, 0.15) is 18.4 Å². The lowest BCUT2D eigenvalue weighted by atomic mass is 10.2. The highest BCUT2D eigenvalue weighted by Crippen LogP contribution is 2.11. The molecule has 0 radical (unpaired) electrons. The lowest BCUT2D eigenvalue weighted by Crippen LogP contribution is -2.33. The standard InChI is InChI=1S/C9H13N3O2/c13-9(8-2-1-3-14-8)10-4-7-5-11-12-6-7/h5-6,8H,1-4H2,(H,10,13)(H,11,12)/t8-/m1/s1. The number of aromatic amines is 1. The Balaban J connectivity index is 1.77. The van der Waals surface area contributed by atoms with E-state index in [1.54, 1.807) is 12.4 Å². The monoisotopic (exact) mass is 195 g/mol. The fourth-order valence-electron chi connectivity index (χ4n) is 1.46. The molecule has 2 rings (SSSR count). The topological polar surface area (TPSA) is 67.0 Å². The Bertz CT molecular complexity index is 291. The molecule has 0 saturated carbocycles. The molecule has 0 aliphatic carbocycles. The number of rotatable bonds is 3. The van der Waals surface area contributed by atoms with Crippen LogP contribution in [0.3, 0.4) is 0 Å².